The highest BCUT2D eigenvalue weighted by atomic mass is 16.5. The van der Waals surface area contributed by atoms with Gasteiger partial charge >= 0.3 is 0 Å². The Hall–Kier alpha value is -1.81. The van der Waals surface area contributed by atoms with Crippen LogP contribution in [0.5, 0.6) is 5.75 Å². The summed E-state index contributed by atoms with van der Waals surface area (Å²) < 4.78 is 10.9. The lowest BCUT2D eigenvalue weighted by molar-refractivity contribution is 0.248. The minimum Gasteiger partial charge on any atom is -0.486 e. The lowest BCUT2D eigenvalue weighted by Crippen LogP contribution is -2.25. The SMILES string of the molecule is CCCNC1CCCc2ccc(OCc3ccno3)cc21. The Morgan fingerprint density at radius 1 is 1.38 bits per heavy atom. The highest BCUT2D eigenvalue weighted by Crippen LogP contribution is 2.32. The van der Waals surface area contributed by atoms with Crippen molar-refractivity contribution >= 4 is 0 Å². The van der Waals surface area contributed by atoms with Gasteiger partial charge in [-0.15, -0.1) is 0 Å². The molecule has 21 heavy (non-hydrogen) atoms. The Kier molecular flexibility index (Phi) is 4.55. The van der Waals surface area contributed by atoms with Crippen LogP contribution in [-0.2, 0) is 13.0 Å². The summed E-state index contributed by atoms with van der Waals surface area (Å²) in [6, 6.07) is 8.72. The zero-order valence-corrected chi connectivity index (χ0v) is 12.5. The number of nitrogens with zero attached hydrogens (tertiary/aromatic N) is 1. The van der Waals surface area contributed by atoms with Gasteiger partial charge in [0.25, 0.3) is 0 Å². The lowest BCUT2D eigenvalue weighted by atomic mass is 9.87. The number of benzene rings is 1. The van der Waals surface area contributed by atoms with E-state index >= 15 is 0 Å². The molecule has 0 spiro atoms. The highest BCUT2D eigenvalue weighted by molar-refractivity contribution is 5.39. The topological polar surface area (TPSA) is 47.3 Å². The molecule has 4 heteroatoms. The van der Waals surface area contributed by atoms with Crippen molar-refractivity contribution in [2.75, 3.05) is 6.54 Å². The summed E-state index contributed by atoms with van der Waals surface area (Å²) in [5, 5.41) is 7.33. The van der Waals surface area contributed by atoms with Crippen LogP contribution < -0.4 is 10.1 Å². The fourth-order valence-corrected chi connectivity index (χ4v) is 2.87. The molecule has 1 heterocycles. The first-order valence-corrected chi connectivity index (χ1v) is 7.75. The first kappa shape index (κ1) is 14.1. The van der Waals surface area contributed by atoms with Crippen LogP contribution >= 0.6 is 0 Å². The molecule has 0 amide bonds. The third kappa shape index (κ3) is 3.45. The molecule has 3 rings (SSSR count). The summed E-state index contributed by atoms with van der Waals surface area (Å²) in [5.41, 5.74) is 2.84. The molecule has 0 fully saturated rings. The van der Waals surface area contributed by atoms with Gasteiger partial charge in [-0.1, -0.05) is 18.1 Å². The molecule has 2 aromatic rings. The van der Waals surface area contributed by atoms with Gasteiger partial charge in [0.05, 0.1) is 6.20 Å². The molecule has 0 aliphatic heterocycles. The number of fused-ring (bicyclic) bond motifs is 1. The Labute approximate surface area is 125 Å². The van der Waals surface area contributed by atoms with Gasteiger partial charge in [-0.25, -0.2) is 0 Å². The molecule has 1 aromatic carbocycles. The van der Waals surface area contributed by atoms with Crippen molar-refractivity contribution in [1.29, 1.82) is 0 Å². The van der Waals surface area contributed by atoms with Crippen LogP contribution in [0.2, 0.25) is 0 Å². The second kappa shape index (κ2) is 6.76. The second-order valence-electron chi connectivity index (χ2n) is 5.53. The van der Waals surface area contributed by atoms with Crippen LogP contribution in [0.3, 0.4) is 0 Å². The number of hydrogen-bond acceptors (Lipinski definition) is 4. The maximum Gasteiger partial charge on any atom is 0.174 e. The number of ether oxygens (including phenoxy) is 1. The minimum absolute atomic E-state index is 0.422. The van der Waals surface area contributed by atoms with Crippen LogP contribution in [0.4, 0.5) is 0 Å². The van der Waals surface area contributed by atoms with Crippen molar-refractivity contribution in [3.05, 3.63) is 47.3 Å². The van der Waals surface area contributed by atoms with Crippen LogP contribution in [0, 0.1) is 0 Å². The predicted octanol–water partition coefficient (Wildman–Crippen LogP) is 3.63. The molecule has 1 aliphatic carbocycles. The van der Waals surface area contributed by atoms with E-state index < -0.39 is 0 Å². The van der Waals surface area contributed by atoms with E-state index in [0.29, 0.717) is 12.6 Å². The molecular weight excluding hydrogens is 264 g/mol. The molecule has 112 valence electrons. The Bertz CT molecular complexity index is 566. The van der Waals surface area contributed by atoms with E-state index in [-0.39, 0.29) is 0 Å². The van der Waals surface area contributed by atoms with Gasteiger partial charge in [-0.05, 0) is 55.5 Å². The third-order valence-electron chi connectivity index (χ3n) is 3.94. The Balaban J connectivity index is 1.72. The molecule has 1 aromatic heterocycles. The van der Waals surface area contributed by atoms with Gasteiger partial charge in [0.2, 0.25) is 0 Å². The fraction of sp³-hybridized carbons (Fsp3) is 0.471. The largest absolute Gasteiger partial charge is 0.486 e. The molecule has 4 nitrogen and oxygen atoms in total. The number of hydrogen-bond donors (Lipinski definition) is 1. The monoisotopic (exact) mass is 286 g/mol. The van der Waals surface area contributed by atoms with E-state index in [4.69, 9.17) is 9.26 Å². The number of nitrogens with one attached hydrogen (secondary N) is 1. The van der Waals surface area contributed by atoms with E-state index in [0.717, 1.165) is 24.5 Å². The van der Waals surface area contributed by atoms with E-state index in [1.54, 1.807) is 6.20 Å². The zero-order chi connectivity index (χ0) is 14.5. The normalized spacial score (nSPS) is 17.5. The van der Waals surface area contributed by atoms with Crippen molar-refractivity contribution in [2.24, 2.45) is 0 Å². The van der Waals surface area contributed by atoms with Crippen molar-refractivity contribution < 1.29 is 9.26 Å². The van der Waals surface area contributed by atoms with Crippen LogP contribution in [0.15, 0.2) is 35.0 Å². The standard InChI is InChI=1S/C17H22N2O2/c1-2-9-18-17-5-3-4-13-6-7-14(11-16(13)17)20-12-15-8-10-19-21-15/h6-8,10-11,17-18H,2-5,9,12H2,1H3. The van der Waals surface area contributed by atoms with E-state index in [2.05, 4.69) is 35.6 Å². The summed E-state index contributed by atoms with van der Waals surface area (Å²) in [6.07, 6.45) is 6.43. The summed E-state index contributed by atoms with van der Waals surface area (Å²) >= 11 is 0. The van der Waals surface area contributed by atoms with Crippen LogP contribution in [-0.4, -0.2) is 11.7 Å². The molecule has 0 saturated heterocycles. The molecule has 1 N–H and O–H groups in total. The molecule has 1 aliphatic rings. The van der Waals surface area contributed by atoms with Crippen molar-refractivity contribution in [1.82, 2.24) is 10.5 Å². The third-order valence-corrected chi connectivity index (χ3v) is 3.94. The quantitative estimate of drug-likeness (QED) is 0.881. The zero-order valence-electron chi connectivity index (χ0n) is 12.5. The number of aromatic nitrogens is 1. The number of rotatable bonds is 6. The second-order valence-corrected chi connectivity index (χ2v) is 5.53. The van der Waals surface area contributed by atoms with E-state index in [1.165, 1.54) is 30.4 Å². The maximum atomic E-state index is 5.81. The first-order valence-electron chi connectivity index (χ1n) is 7.75. The molecule has 1 atom stereocenters. The number of aryl methyl sites for hydroxylation is 1. The first-order chi connectivity index (χ1) is 10.4. The molecule has 1 unspecified atom stereocenters. The molecule has 0 bridgehead atoms. The Morgan fingerprint density at radius 3 is 3.14 bits per heavy atom. The van der Waals surface area contributed by atoms with Gasteiger partial charge in [-0.2, -0.15) is 0 Å². The van der Waals surface area contributed by atoms with Gasteiger partial charge in [0.15, 0.2) is 5.76 Å². The summed E-state index contributed by atoms with van der Waals surface area (Å²) in [7, 11) is 0. The minimum atomic E-state index is 0.422. The molecule has 0 radical (unpaired) electrons. The average Bonchev–Trinajstić information content (AvgIpc) is 3.04. The van der Waals surface area contributed by atoms with Crippen molar-refractivity contribution in [2.45, 2.75) is 45.3 Å². The smallest absolute Gasteiger partial charge is 0.174 e. The van der Waals surface area contributed by atoms with E-state index in [9.17, 15) is 0 Å². The van der Waals surface area contributed by atoms with Gasteiger partial charge in [-0.3, -0.25) is 0 Å². The summed E-state index contributed by atoms with van der Waals surface area (Å²) in [6.45, 7) is 3.69. The maximum absolute atomic E-state index is 5.81. The summed E-state index contributed by atoms with van der Waals surface area (Å²) in [4.78, 5) is 0. The van der Waals surface area contributed by atoms with Gasteiger partial charge in [0.1, 0.15) is 12.4 Å². The molecular formula is C17H22N2O2. The van der Waals surface area contributed by atoms with Gasteiger partial charge in [0, 0.05) is 12.1 Å². The van der Waals surface area contributed by atoms with E-state index in [1.807, 2.05) is 6.07 Å². The molecule has 0 saturated carbocycles. The van der Waals surface area contributed by atoms with Crippen molar-refractivity contribution in [3.63, 3.8) is 0 Å². The van der Waals surface area contributed by atoms with Crippen molar-refractivity contribution in [3.8, 4) is 5.75 Å². The van der Waals surface area contributed by atoms with Crippen LogP contribution in [0.1, 0.15) is 49.1 Å². The Morgan fingerprint density at radius 2 is 2.33 bits per heavy atom. The van der Waals surface area contributed by atoms with Crippen LogP contribution in [0.25, 0.3) is 0 Å². The lowest BCUT2D eigenvalue weighted by Gasteiger charge is -2.27. The highest BCUT2D eigenvalue weighted by Gasteiger charge is 2.20. The predicted molar refractivity (Wildman–Crippen MR) is 81.2 cm³/mol. The fourth-order valence-electron chi connectivity index (χ4n) is 2.87. The summed E-state index contributed by atoms with van der Waals surface area (Å²) in [5.74, 6) is 1.64. The average molecular weight is 286 g/mol. The van der Waals surface area contributed by atoms with Gasteiger partial charge < -0.3 is 14.6 Å².